The van der Waals surface area contributed by atoms with Crippen LogP contribution in [0.1, 0.15) is 33.6 Å². The zero-order chi connectivity index (χ0) is 13.7. The molecule has 100 valence electrons. The minimum absolute atomic E-state index is 0.824. The molecule has 0 radical (unpaired) electrons. The van der Waals surface area contributed by atoms with Crippen molar-refractivity contribution in [3.63, 3.8) is 0 Å². The van der Waals surface area contributed by atoms with Crippen molar-refractivity contribution in [2.24, 2.45) is 5.73 Å². The van der Waals surface area contributed by atoms with Crippen LogP contribution < -0.4 is 5.73 Å². The predicted molar refractivity (Wildman–Crippen MR) is 53.0 cm³/mol. The SMILES string of the molecule is CC(C)(C)OC(=O)C1(N)CC(O)(C(F)(F)F)C1. The van der Waals surface area contributed by atoms with Crippen molar-refractivity contribution < 1.29 is 27.8 Å². The van der Waals surface area contributed by atoms with Gasteiger partial charge in [-0.1, -0.05) is 0 Å². The van der Waals surface area contributed by atoms with Gasteiger partial charge < -0.3 is 15.6 Å². The number of nitrogens with two attached hydrogens (primary N) is 1. The molecule has 1 rings (SSSR count). The molecular formula is C10H16F3NO3. The lowest BCUT2D eigenvalue weighted by Crippen LogP contribution is -2.71. The fraction of sp³-hybridized carbons (Fsp3) is 0.900. The lowest BCUT2D eigenvalue weighted by molar-refractivity contribution is -0.301. The molecule has 4 nitrogen and oxygen atoms in total. The Hall–Kier alpha value is -0.820. The third kappa shape index (κ3) is 2.71. The Kier molecular flexibility index (Phi) is 3.00. The van der Waals surface area contributed by atoms with Gasteiger partial charge in [-0.15, -0.1) is 0 Å². The van der Waals surface area contributed by atoms with E-state index < -0.39 is 41.7 Å². The fourth-order valence-electron chi connectivity index (χ4n) is 1.72. The van der Waals surface area contributed by atoms with E-state index in [1.54, 1.807) is 20.8 Å². The van der Waals surface area contributed by atoms with Gasteiger partial charge in [-0.25, -0.2) is 0 Å². The maximum atomic E-state index is 12.4. The average molecular weight is 255 g/mol. The summed E-state index contributed by atoms with van der Waals surface area (Å²) in [6.07, 6.45) is -6.51. The number of hydrogen-bond acceptors (Lipinski definition) is 4. The maximum Gasteiger partial charge on any atom is 0.417 e. The summed E-state index contributed by atoms with van der Waals surface area (Å²) in [5.41, 5.74) is 0.0385. The highest BCUT2D eigenvalue weighted by molar-refractivity contribution is 5.83. The van der Waals surface area contributed by atoms with Gasteiger partial charge in [0.25, 0.3) is 0 Å². The number of hydrogen-bond donors (Lipinski definition) is 2. The maximum absolute atomic E-state index is 12.4. The lowest BCUT2D eigenvalue weighted by Gasteiger charge is -2.49. The van der Waals surface area contributed by atoms with E-state index in [4.69, 9.17) is 10.5 Å². The highest BCUT2D eigenvalue weighted by atomic mass is 19.4. The van der Waals surface area contributed by atoms with Crippen LogP contribution in [-0.4, -0.2) is 34.0 Å². The standard InChI is InChI=1S/C10H16F3NO3/c1-7(2,3)17-6(15)8(14)4-9(16,5-8)10(11,12)13/h16H,4-5,14H2,1-3H3. The molecule has 0 aromatic rings. The van der Waals surface area contributed by atoms with Crippen LogP contribution in [0.4, 0.5) is 13.2 Å². The molecule has 1 fully saturated rings. The largest absolute Gasteiger partial charge is 0.459 e. The number of aliphatic hydroxyl groups is 1. The Balaban J connectivity index is 2.69. The first-order valence-corrected chi connectivity index (χ1v) is 5.11. The van der Waals surface area contributed by atoms with Gasteiger partial charge in [0.2, 0.25) is 0 Å². The quantitative estimate of drug-likeness (QED) is 0.688. The van der Waals surface area contributed by atoms with E-state index >= 15 is 0 Å². The van der Waals surface area contributed by atoms with E-state index in [1.165, 1.54) is 0 Å². The van der Waals surface area contributed by atoms with Crippen LogP contribution in [0.3, 0.4) is 0 Å². The van der Waals surface area contributed by atoms with Crippen LogP contribution in [0.2, 0.25) is 0 Å². The zero-order valence-corrected chi connectivity index (χ0v) is 9.89. The molecule has 0 aromatic heterocycles. The Morgan fingerprint density at radius 1 is 1.29 bits per heavy atom. The number of esters is 1. The Bertz CT molecular complexity index is 327. The molecule has 1 saturated carbocycles. The first-order valence-electron chi connectivity index (χ1n) is 5.11. The zero-order valence-electron chi connectivity index (χ0n) is 9.89. The number of carbonyl (C=O) groups excluding carboxylic acids is 1. The molecule has 0 aromatic carbocycles. The van der Waals surface area contributed by atoms with Crippen molar-refractivity contribution in [2.75, 3.05) is 0 Å². The van der Waals surface area contributed by atoms with Crippen molar-refractivity contribution >= 4 is 5.97 Å². The van der Waals surface area contributed by atoms with E-state index in [1.807, 2.05) is 0 Å². The van der Waals surface area contributed by atoms with Gasteiger partial charge in [-0.3, -0.25) is 4.79 Å². The van der Waals surface area contributed by atoms with Crippen LogP contribution in [0.5, 0.6) is 0 Å². The Labute approximate surface area is 96.9 Å². The second-order valence-corrected chi connectivity index (χ2v) is 5.54. The van der Waals surface area contributed by atoms with Crippen molar-refractivity contribution in [3.05, 3.63) is 0 Å². The van der Waals surface area contributed by atoms with Crippen LogP contribution in [0.25, 0.3) is 0 Å². The van der Waals surface area contributed by atoms with E-state index in [0.29, 0.717) is 0 Å². The second-order valence-electron chi connectivity index (χ2n) is 5.54. The molecule has 0 atom stereocenters. The second kappa shape index (κ2) is 3.58. The van der Waals surface area contributed by atoms with Gasteiger partial charge in [0.1, 0.15) is 11.1 Å². The highest BCUT2D eigenvalue weighted by Gasteiger charge is 2.69. The summed E-state index contributed by atoms with van der Waals surface area (Å²) in [5.74, 6) is -0.918. The van der Waals surface area contributed by atoms with Gasteiger partial charge in [0.15, 0.2) is 5.60 Å². The third-order valence-electron chi connectivity index (χ3n) is 2.55. The van der Waals surface area contributed by atoms with E-state index in [0.717, 1.165) is 0 Å². The molecule has 3 N–H and O–H groups in total. The summed E-state index contributed by atoms with van der Waals surface area (Å²) in [6.45, 7) is 4.76. The lowest BCUT2D eigenvalue weighted by atomic mass is 9.65. The molecule has 0 unspecified atom stereocenters. The Morgan fingerprint density at radius 2 is 1.71 bits per heavy atom. The first-order chi connectivity index (χ1) is 7.29. The third-order valence-corrected chi connectivity index (χ3v) is 2.55. The summed E-state index contributed by atoms with van der Waals surface area (Å²) < 4.78 is 42.0. The summed E-state index contributed by atoms with van der Waals surface area (Å²) in [4.78, 5) is 11.6. The monoisotopic (exact) mass is 255 g/mol. The van der Waals surface area contributed by atoms with Crippen molar-refractivity contribution in [1.82, 2.24) is 0 Å². The number of halogens is 3. The summed E-state index contributed by atoms with van der Waals surface area (Å²) in [7, 11) is 0. The molecule has 0 amide bonds. The summed E-state index contributed by atoms with van der Waals surface area (Å²) in [5, 5.41) is 9.22. The van der Waals surface area contributed by atoms with Gasteiger partial charge >= 0.3 is 12.1 Å². The predicted octanol–water partition coefficient (Wildman–Crippen LogP) is 1.11. The van der Waals surface area contributed by atoms with E-state index in [2.05, 4.69) is 0 Å². The fourth-order valence-corrected chi connectivity index (χ4v) is 1.72. The van der Waals surface area contributed by atoms with E-state index in [-0.39, 0.29) is 0 Å². The molecular weight excluding hydrogens is 239 g/mol. The van der Waals surface area contributed by atoms with Crippen LogP contribution in [-0.2, 0) is 9.53 Å². The van der Waals surface area contributed by atoms with Crippen molar-refractivity contribution in [1.29, 1.82) is 0 Å². The van der Waals surface area contributed by atoms with Gasteiger partial charge in [0.05, 0.1) is 0 Å². The topological polar surface area (TPSA) is 72.5 Å². The minimum Gasteiger partial charge on any atom is -0.459 e. The normalized spacial score (nSPS) is 34.1. The smallest absolute Gasteiger partial charge is 0.417 e. The van der Waals surface area contributed by atoms with Gasteiger partial charge in [-0.05, 0) is 20.8 Å². The number of ether oxygens (including phenoxy) is 1. The van der Waals surface area contributed by atoms with Crippen LogP contribution >= 0.6 is 0 Å². The molecule has 0 spiro atoms. The van der Waals surface area contributed by atoms with Crippen molar-refractivity contribution in [3.8, 4) is 0 Å². The number of alkyl halides is 3. The van der Waals surface area contributed by atoms with Gasteiger partial charge in [0, 0.05) is 12.8 Å². The molecule has 7 heteroatoms. The van der Waals surface area contributed by atoms with Gasteiger partial charge in [-0.2, -0.15) is 13.2 Å². The van der Waals surface area contributed by atoms with Crippen molar-refractivity contribution in [2.45, 2.75) is 56.5 Å². The first kappa shape index (κ1) is 14.2. The molecule has 0 heterocycles. The van der Waals surface area contributed by atoms with E-state index in [9.17, 15) is 23.1 Å². The molecule has 17 heavy (non-hydrogen) atoms. The summed E-state index contributed by atoms with van der Waals surface area (Å²) >= 11 is 0. The average Bonchev–Trinajstić information content (AvgIpc) is 1.95. The molecule has 0 bridgehead atoms. The minimum atomic E-state index is -4.78. The Morgan fingerprint density at radius 3 is 2.00 bits per heavy atom. The highest BCUT2D eigenvalue weighted by Crippen LogP contribution is 2.50. The molecule has 1 aliphatic carbocycles. The summed E-state index contributed by atoms with van der Waals surface area (Å²) in [6, 6.07) is 0. The van der Waals surface area contributed by atoms with Crippen LogP contribution in [0.15, 0.2) is 0 Å². The molecule has 0 saturated heterocycles. The molecule has 1 aliphatic rings. The number of rotatable bonds is 1. The van der Waals surface area contributed by atoms with Crippen LogP contribution in [0, 0.1) is 0 Å². The number of carbonyl (C=O) groups is 1. The molecule has 0 aliphatic heterocycles.